The SMILES string of the molecule is CN(C(=O)c1cc2c(s1)-c1ccccc1OCC2)c1cnccc1Cl. The highest BCUT2D eigenvalue weighted by atomic mass is 35.5. The summed E-state index contributed by atoms with van der Waals surface area (Å²) in [4.78, 5) is 20.3. The lowest BCUT2D eigenvalue weighted by atomic mass is 10.1. The second-order valence-corrected chi connectivity index (χ2v) is 7.21. The van der Waals surface area contributed by atoms with E-state index in [2.05, 4.69) is 4.98 Å². The highest BCUT2D eigenvalue weighted by Gasteiger charge is 2.23. The van der Waals surface area contributed by atoms with E-state index in [0.29, 0.717) is 22.2 Å². The topological polar surface area (TPSA) is 42.4 Å². The molecule has 1 aromatic carbocycles. The van der Waals surface area contributed by atoms with Crippen LogP contribution in [0.25, 0.3) is 10.4 Å². The number of pyridine rings is 1. The number of aromatic nitrogens is 1. The van der Waals surface area contributed by atoms with Crippen molar-refractivity contribution in [3.05, 3.63) is 64.3 Å². The summed E-state index contributed by atoms with van der Waals surface area (Å²) in [6.07, 6.45) is 3.99. The van der Waals surface area contributed by atoms with Crippen molar-refractivity contribution in [2.75, 3.05) is 18.6 Å². The first kappa shape index (κ1) is 16.1. The largest absolute Gasteiger partial charge is 0.493 e. The summed E-state index contributed by atoms with van der Waals surface area (Å²) < 4.78 is 5.81. The van der Waals surface area contributed by atoms with Crippen molar-refractivity contribution in [1.29, 1.82) is 0 Å². The summed E-state index contributed by atoms with van der Waals surface area (Å²) in [5.74, 6) is 0.775. The number of carbonyl (C=O) groups is 1. The monoisotopic (exact) mass is 370 g/mol. The minimum absolute atomic E-state index is 0.0913. The molecule has 0 bridgehead atoms. The Morgan fingerprint density at radius 2 is 2.16 bits per heavy atom. The Morgan fingerprint density at radius 3 is 3.00 bits per heavy atom. The molecule has 2 aromatic heterocycles. The van der Waals surface area contributed by atoms with E-state index in [1.807, 2.05) is 30.3 Å². The number of benzene rings is 1. The Kier molecular flexibility index (Phi) is 4.19. The molecule has 0 radical (unpaired) electrons. The van der Waals surface area contributed by atoms with Crippen LogP contribution in [0.2, 0.25) is 5.02 Å². The standard InChI is InChI=1S/C19H15ClN2O2S/c1-22(15-11-21-8-6-14(15)20)19(23)17-10-12-7-9-24-16-5-3-2-4-13(16)18(12)25-17/h2-6,8,10-11H,7,9H2,1H3. The maximum Gasteiger partial charge on any atom is 0.268 e. The van der Waals surface area contributed by atoms with Gasteiger partial charge in [0.1, 0.15) is 5.75 Å². The highest BCUT2D eigenvalue weighted by molar-refractivity contribution is 7.17. The molecule has 3 aromatic rings. The number of anilines is 1. The maximum atomic E-state index is 12.9. The van der Waals surface area contributed by atoms with E-state index in [1.54, 1.807) is 30.4 Å². The third-order valence-corrected chi connectivity index (χ3v) is 5.71. The van der Waals surface area contributed by atoms with Crippen molar-refractivity contribution >= 4 is 34.5 Å². The summed E-state index contributed by atoms with van der Waals surface area (Å²) in [6, 6.07) is 11.6. The molecule has 0 N–H and O–H groups in total. The quantitative estimate of drug-likeness (QED) is 0.658. The summed E-state index contributed by atoms with van der Waals surface area (Å²) in [5, 5.41) is 0.503. The molecular weight excluding hydrogens is 356 g/mol. The summed E-state index contributed by atoms with van der Waals surface area (Å²) in [6.45, 7) is 0.610. The third kappa shape index (κ3) is 2.90. The number of ether oxygens (including phenoxy) is 1. The number of nitrogens with zero attached hydrogens (tertiary/aromatic N) is 2. The molecule has 4 nitrogen and oxygen atoms in total. The normalized spacial score (nSPS) is 12.6. The van der Waals surface area contributed by atoms with Gasteiger partial charge in [-0.25, -0.2) is 0 Å². The van der Waals surface area contributed by atoms with Crippen LogP contribution in [0.4, 0.5) is 5.69 Å². The molecule has 0 atom stereocenters. The minimum atomic E-state index is -0.0913. The number of para-hydroxylation sites is 1. The molecule has 0 fully saturated rings. The lowest BCUT2D eigenvalue weighted by Crippen LogP contribution is -2.25. The zero-order chi connectivity index (χ0) is 17.4. The van der Waals surface area contributed by atoms with E-state index in [-0.39, 0.29) is 5.91 Å². The molecule has 0 aliphatic carbocycles. The van der Waals surface area contributed by atoms with Gasteiger partial charge >= 0.3 is 0 Å². The average Bonchev–Trinajstić information content (AvgIpc) is 2.98. The zero-order valence-electron chi connectivity index (χ0n) is 13.5. The molecule has 6 heteroatoms. The van der Waals surface area contributed by atoms with Crippen molar-refractivity contribution in [1.82, 2.24) is 4.98 Å². The number of hydrogen-bond acceptors (Lipinski definition) is 4. The molecule has 0 saturated heterocycles. The van der Waals surface area contributed by atoms with Gasteiger partial charge in [-0.1, -0.05) is 23.7 Å². The smallest absolute Gasteiger partial charge is 0.268 e. The van der Waals surface area contributed by atoms with Gasteiger partial charge in [-0.05, 0) is 29.8 Å². The Bertz CT molecular complexity index is 954. The lowest BCUT2D eigenvalue weighted by Gasteiger charge is -2.17. The van der Waals surface area contributed by atoms with Crippen LogP contribution in [0, 0.1) is 0 Å². The minimum Gasteiger partial charge on any atom is -0.493 e. The van der Waals surface area contributed by atoms with Gasteiger partial charge in [0.15, 0.2) is 0 Å². The van der Waals surface area contributed by atoms with Gasteiger partial charge in [0, 0.05) is 30.1 Å². The van der Waals surface area contributed by atoms with Crippen molar-refractivity contribution in [2.45, 2.75) is 6.42 Å². The molecule has 1 aliphatic rings. The second-order valence-electron chi connectivity index (χ2n) is 5.75. The highest BCUT2D eigenvalue weighted by Crippen LogP contribution is 2.41. The Balaban J connectivity index is 1.73. The molecule has 1 amide bonds. The van der Waals surface area contributed by atoms with Crippen LogP contribution in [0.1, 0.15) is 15.2 Å². The van der Waals surface area contributed by atoms with Gasteiger partial charge in [-0.15, -0.1) is 11.3 Å². The molecule has 0 spiro atoms. The van der Waals surface area contributed by atoms with Crippen LogP contribution >= 0.6 is 22.9 Å². The van der Waals surface area contributed by atoms with Gasteiger partial charge in [0.25, 0.3) is 5.91 Å². The van der Waals surface area contributed by atoms with Crippen molar-refractivity contribution in [2.24, 2.45) is 0 Å². The summed E-state index contributed by atoms with van der Waals surface area (Å²) in [5.41, 5.74) is 2.78. The van der Waals surface area contributed by atoms with E-state index in [4.69, 9.17) is 16.3 Å². The van der Waals surface area contributed by atoms with Gasteiger partial charge in [0.2, 0.25) is 0 Å². The number of rotatable bonds is 2. The van der Waals surface area contributed by atoms with E-state index in [1.165, 1.54) is 11.3 Å². The van der Waals surface area contributed by atoms with E-state index in [9.17, 15) is 4.79 Å². The molecule has 1 aliphatic heterocycles. The van der Waals surface area contributed by atoms with Crippen molar-refractivity contribution in [3.8, 4) is 16.2 Å². The first-order valence-electron chi connectivity index (χ1n) is 7.87. The van der Waals surface area contributed by atoms with Crippen molar-refractivity contribution in [3.63, 3.8) is 0 Å². The molecule has 0 saturated carbocycles. The van der Waals surface area contributed by atoms with E-state index < -0.39 is 0 Å². The van der Waals surface area contributed by atoms with Gasteiger partial charge < -0.3 is 9.64 Å². The molecule has 25 heavy (non-hydrogen) atoms. The molecule has 4 rings (SSSR count). The number of carbonyl (C=O) groups excluding carboxylic acids is 1. The molecule has 126 valence electrons. The van der Waals surface area contributed by atoms with Gasteiger partial charge in [0.05, 0.1) is 28.4 Å². The maximum absolute atomic E-state index is 12.9. The molecule has 3 heterocycles. The van der Waals surface area contributed by atoms with Crippen LogP contribution in [0.3, 0.4) is 0 Å². The fourth-order valence-electron chi connectivity index (χ4n) is 2.89. The Morgan fingerprint density at radius 1 is 1.32 bits per heavy atom. The van der Waals surface area contributed by atoms with Crippen LogP contribution in [-0.4, -0.2) is 24.5 Å². The summed E-state index contributed by atoms with van der Waals surface area (Å²) >= 11 is 7.69. The molecular formula is C19H15ClN2O2S. The fraction of sp³-hybridized carbons (Fsp3) is 0.158. The van der Waals surface area contributed by atoms with Gasteiger partial charge in [-0.3, -0.25) is 9.78 Å². The predicted molar refractivity (Wildman–Crippen MR) is 101 cm³/mol. The Hall–Kier alpha value is -2.37. The van der Waals surface area contributed by atoms with E-state index >= 15 is 0 Å². The number of amides is 1. The number of fused-ring (bicyclic) bond motifs is 3. The third-order valence-electron chi connectivity index (χ3n) is 4.19. The number of hydrogen-bond donors (Lipinski definition) is 0. The Labute approximate surface area is 154 Å². The van der Waals surface area contributed by atoms with Crippen LogP contribution in [-0.2, 0) is 6.42 Å². The number of halogens is 1. The zero-order valence-corrected chi connectivity index (χ0v) is 15.1. The molecule has 0 unspecified atom stereocenters. The number of thiophene rings is 1. The lowest BCUT2D eigenvalue weighted by molar-refractivity contribution is 0.0996. The van der Waals surface area contributed by atoms with Crippen LogP contribution < -0.4 is 9.64 Å². The van der Waals surface area contributed by atoms with Gasteiger partial charge in [-0.2, -0.15) is 0 Å². The van der Waals surface area contributed by atoms with Crippen LogP contribution in [0.5, 0.6) is 5.75 Å². The average molecular weight is 371 g/mol. The van der Waals surface area contributed by atoms with Crippen LogP contribution in [0.15, 0.2) is 48.8 Å². The summed E-state index contributed by atoms with van der Waals surface area (Å²) in [7, 11) is 1.72. The predicted octanol–water partition coefficient (Wildman–Crippen LogP) is 4.68. The second kappa shape index (κ2) is 6.50. The van der Waals surface area contributed by atoms with Crippen molar-refractivity contribution < 1.29 is 9.53 Å². The fourth-order valence-corrected chi connectivity index (χ4v) is 4.34. The first-order chi connectivity index (χ1) is 12.1. The van der Waals surface area contributed by atoms with E-state index in [0.717, 1.165) is 28.2 Å². The first-order valence-corrected chi connectivity index (χ1v) is 9.07.